The molecule has 0 radical (unpaired) electrons. The Morgan fingerprint density at radius 2 is 1.72 bits per heavy atom. The summed E-state index contributed by atoms with van der Waals surface area (Å²) in [4.78, 5) is 0. The van der Waals surface area contributed by atoms with Gasteiger partial charge in [0.05, 0.1) is 6.54 Å². The smallest absolute Gasteiger partial charge is 0.275 e. The summed E-state index contributed by atoms with van der Waals surface area (Å²) in [6.45, 7) is 0.512. The van der Waals surface area contributed by atoms with Crippen molar-refractivity contribution in [1.29, 1.82) is 0 Å². The van der Waals surface area contributed by atoms with Crippen LogP contribution in [0.1, 0.15) is 43.4 Å². The number of hydrogen-bond donors (Lipinski definition) is 1. The minimum absolute atomic E-state index is 0.00768. The lowest BCUT2D eigenvalue weighted by Gasteiger charge is -2.39. The molecule has 5 nitrogen and oxygen atoms in total. The first-order valence-electron chi connectivity index (χ1n) is 8.76. The fraction of sp³-hybridized carbons (Fsp3) is 0.474. The summed E-state index contributed by atoms with van der Waals surface area (Å²) in [5, 5.41) is 3.65. The third-order valence-electron chi connectivity index (χ3n) is 5.01. The molecule has 1 fully saturated rings. The van der Waals surface area contributed by atoms with Crippen molar-refractivity contribution in [2.45, 2.75) is 49.3 Å². The van der Waals surface area contributed by atoms with Gasteiger partial charge in [0.25, 0.3) is 10.0 Å². The van der Waals surface area contributed by atoms with E-state index in [-0.39, 0.29) is 10.6 Å². The predicted octanol–water partition coefficient (Wildman–Crippen LogP) is 3.48. The first-order valence-corrected chi connectivity index (χ1v) is 10.2. The van der Waals surface area contributed by atoms with Crippen molar-refractivity contribution >= 4 is 10.0 Å². The zero-order valence-electron chi connectivity index (χ0n) is 14.9. The normalized spacial score (nSPS) is 17.7. The van der Waals surface area contributed by atoms with E-state index < -0.39 is 10.0 Å². The Morgan fingerprint density at radius 1 is 1.04 bits per heavy atom. The second-order valence-corrected chi connectivity index (χ2v) is 8.95. The second-order valence-electron chi connectivity index (χ2n) is 6.87. The van der Waals surface area contributed by atoms with Gasteiger partial charge >= 0.3 is 0 Å². The maximum atomic E-state index is 12.1. The van der Waals surface area contributed by atoms with E-state index in [0.717, 1.165) is 17.1 Å². The second kappa shape index (κ2) is 7.32. The highest BCUT2D eigenvalue weighted by Crippen LogP contribution is 2.37. The molecule has 25 heavy (non-hydrogen) atoms. The van der Waals surface area contributed by atoms with E-state index in [1.165, 1.54) is 45.0 Å². The quantitative estimate of drug-likeness (QED) is 0.854. The standard InChI is InChI=1S/C19H26N2O3S/c1-21(2)25(22,23)18-12-11-17(24-18)15-20-19(13-7-4-8-14-19)16-9-5-3-6-10-16/h3,5-6,9-12,20H,4,7-8,13-15H2,1-2H3. The highest BCUT2D eigenvalue weighted by molar-refractivity contribution is 7.88. The average molecular weight is 362 g/mol. The Bertz CT molecular complexity index is 791. The van der Waals surface area contributed by atoms with Gasteiger partial charge in [-0.25, -0.2) is 12.7 Å². The van der Waals surface area contributed by atoms with Gasteiger partial charge in [0.15, 0.2) is 0 Å². The van der Waals surface area contributed by atoms with E-state index in [2.05, 4.69) is 29.6 Å². The van der Waals surface area contributed by atoms with Crippen LogP contribution in [0.2, 0.25) is 0 Å². The van der Waals surface area contributed by atoms with Crippen molar-refractivity contribution < 1.29 is 12.8 Å². The highest BCUT2D eigenvalue weighted by Gasteiger charge is 2.33. The third kappa shape index (κ3) is 3.81. The number of nitrogens with zero attached hydrogens (tertiary/aromatic N) is 1. The third-order valence-corrected chi connectivity index (χ3v) is 6.70. The molecule has 0 atom stereocenters. The molecule has 1 aromatic heterocycles. The van der Waals surface area contributed by atoms with Crippen LogP contribution in [0, 0.1) is 0 Å². The van der Waals surface area contributed by atoms with Crippen LogP contribution in [-0.2, 0) is 22.1 Å². The monoisotopic (exact) mass is 362 g/mol. The van der Waals surface area contributed by atoms with Gasteiger partial charge in [-0.1, -0.05) is 49.6 Å². The van der Waals surface area contributed by atoms with Crippen LogP contribution in [0.5, 0.6) is 0 Å². The molecule has 2 aromatic rings. The number of sulfonamides is 1. The van der Waals surface area contributed by atoms with E-state index in [9.17, 15) is 8.42 Å². The van der Waals surface area contributed by atoms with Gasteiger partial charge in [-0.05, 0) is 30.5 Å². The number of furan rings is 1. The van der Waals surface area contributed by atoms with Crippen LogP contribution in [0.3, 0.4) is 0 Å². The molecule has 0 spiro atoms. The van der Waals surface area contributed by atoms with E-state index in [4.69, 9.17) is 4.42 Å². The van der Waals surface area contributed by atoms with E-state index >= 15 is 0 Å². The molecule has 0 amide bonds. The Labute approximate surface area is 150 Å². The van der Waals surface area contributed by atoms with Crippen LogP contribution in [0.25, 0.3) is 0 Å². The number of rotatable bonds is 6. The number of nitrogens with one attached hydrogen (secondary N) is 1. The largest absolute Gasteiger partial charge is 0.447 e. The fourth-order valence-corrected chi connectivity index (χ4v) is 4.32. The fourth-order valence-electron chi connectivity index (χ4n) is 3.51. The van der Waals surface area contributed by atoms with Gasteiger partial charge < -0.3 is 9.73 Å². The summed E-state index contributed by atoms with van der Waals surface area (Å²) in [7, 11) is -0.523. The molecule has 136 valence electrons. The Hall–Kier alpha value is -1.63. The summed E-state index contributed by atoms with van der Waals surface area (Å²) in [6, 6.07) is 13.8. The van der Waals surface area contributed by atoms with Crippen molar-refractivity contribution in [2.75, 3.05) is 14.1 Å². The zero-order valence-corrected chi connectivity index (χ0v) is 15.7. The van der Waals surface area contributed by atoms with Gasteiger partial charge in [-0.15, -0.1) is 0 Å². The molecule has 0 bridgehead atoms. The van der Waals surface area contributed by atoms with Gasteiger partial charge in [0.2, 0.25) is 5.09 Å². The van der Waals surface area contributed by atoms with Crippen LogP contribution < -0.4 is 5.32 Å². The lowest BCUT2D eigenvalue weighted by molar-refractivity contribution is 0.222. The predicted molar refractivity (Wildman–Crippen MR) is 97.6 cm³/mol. The summed E-state index contributed by atoms with van der Waals surface area (Å²) in [5.74, 6) is 0.640. The van der Waals surface area contributed by atoms with E-state index in [0.29, 0.717) is 12.3 Å². The molecule has 0 aliphatic heterocycles. The van der Waals surface area contributed by atoms with Crippen LogP contribution >= 0.6 is 0 Å². The zero-order chi connectivity index (χ0) is 17.9. The first-order chi connectivity index (χ1) is 11.9. The van der Waals surface area contributed by atoms with Crippen molar-refractivity contribution in [3.05, 3.63) is 53.8 Å². The maximum Gasteiger partial charge on any atom is 0.275 e. The molecule has 1 saturated carbocycles. The van der Waals surface area contributed by atoms with E-state index in [1.54, 1.807) is 6.07 Å². The number of benzene rings is 1. The summed E-state index contributed by atoms with van der Waals surface area (Å²) >= 11 is 0. The molecule has 6 heteroatoms. The molecule has 1 aliphatic rings. The van der Waals surface area contributed by atoms with Gasteiger partial charge in [-0.2, -0.15) is 0 Å². The molecular formula is C19H26N2O3S. The maximum absolute atomic E-state index is 12.1. The van der Waals surface area contributed by atoms with E-state index in [1.807, 2.05) is 6.07 Å². The molecular weight excluding hydrogens is 336 g/mol. The molecule has 1 aromatic carbocycles. The minimum Gasteiger partial charge on any atom is -0.447 e. The highest BCUT2D eigenvalue weighted by atomic mass is 32.2. The summed E-state index contributed by atoms with van der Waals surface area (Å²) in [6.07, 6.45) is 5.82. The molecule has 1 aliphatic carbocycles. The Morgan fingerprint density at radius 3 is 2.36 bits per heavy atom. The van der Waals surface area contributed by atoms with Crippen molar-refractivity contribution in [3.8, 4) is 0 Å². The minimum atomic E-state index is -3.53. The van der Waals surface area contributed by atoms with Gasteiger partial charge in [0.1, 0.15) is 5.76 Å². The molecule has 1 heterocycles. The van der Waals surface area contributed by atoms with Crippen LogP contribution in [-0.4, -0.2) is 26.8 Å². The molecule has 3 rings (SSSR count). The SMILES string of the molecule is CN(C)S(=O)(=O)c1ccc(CNC2(c3ccccc3)CCCCC2)o1. The van der Waals surface area contributed by atoms with Crippen molar-refractivity contribution in [3.63, 3.8) is 0 Å². The lowest BCUT2D eigenvalue weighted by Crippen LogP contribution is -2.43. The van der Waals surface area contributed by atoms with Crippen molar-refractivity contribution in [1.82, 2.24) is 9.62 Å². The Kier molecular flexibility index (Phi) is 5.32. The Balaban J connectivity index is 1.78. The average Bonchev–Trinajstić information content (AvgIpc) is 3.11. The summed E-state index contributed by atoms with van der Waals surface area (Å²) in [5.41, 5.74) is 1.23. The lowest BCUT2D eigenvalue weighted by atomic mass is 9.76. The molecule has 0 saturated heterocycles. The van der Waals surface area contributed by atoms with Gasteiger partial charge in [-0.3, -0.25) is 0 Å². The summed E-state index contributed by atoms with van der Waals surface area (Å²) < 4.78 is 31.0. The van der Waals surface area contributed by atoms with Crippen LogP contribution in [0.15, 0.2) is 52.0 Å². The molecule has 1 N–H and O–H groups in total. The molecule has 0 unspecified atom stereocenters. The van der Waals surface area contributed by atoms with Gasteiger partial charge in [0, 0.05) is 19.6 Å². The first kappa shape index (κ1) is 18.2. The van der Waals surface area contributed by atoms with Crippen LogP contribution in [0.4, 0.5) is 0 Å². The van der Waals surface area contributed by atoms with Crippen molar-refractivity contribution in [2.24, 2.45) is 0 Å². The topological polar surface area (TPSA) is 62.6 Å². The number of hydrogen-bond acceptors (Lipinski definition) is 4.